The minimum absolute atomic E-state index is 0.577. The van der Waals surface area contributed by atoms with Crippen molar-refractivity contribution in [2.75, 3.05) is 6.61 Å². The first-order valence-corrected chi connectivity index (χ1v) is 6.95. The number of nitrogens with zero attached hydrogens (tertiary/aromatic N) is 5. The molecule has 0 saturated heterocycles. The number of imidazole rings is 1. The van der Waals surface area contributed by atoms with E-state index in [0.717, 1.165) is 23.9 Å². The summed E-state index contributed by atoms with van der Waals surface area (Å²) in [5.74, 6) is 2.46. The maximum absolute atomic E-state index is 5.72. The van der Waals surface area contributed by atoms with Crippen LogP contribution >= 0.6 is 0 Å². The zero-order valence-electron chi connectivity index (χ0n) is 11.9. The smallest absolute Gasteiger partial charge is 0.194 e. The van der Waals surface area contributed by atoms with E-state index in [1.807, 2.05) is 52.7 Å². The molecule has 0 fully saturated rings. The Morgan fingerprint density at radius 3 is 2.76 bits per heavy atom. The van der Waals surface area contributed by atoms with E-state index >= 15 is 0 Å². The fourth-order valence-electron chi connectivity index (χ4n) is 2.14. The molecule has 6 nitrogen and oxygen atoms in total. The summed E-state index contributed by atoms with van der Waals surface area (Å²) < 4.78 is 9.57. The van der Waals surface area contributed by atoms with Gasteiger partial charge in [0.05, 0.1) is 6.54 Å². The second kappa shape index (κ2) is 6.21. The largest absolute Gasteiger partial charge is 0.492 e. The Hall–Kier alpha value is -2.63. The van der Waals surface area contributed by atoms with E-state index in [4.69, 9.17) is 4.74 Å². The average molecular weight is 283 g/mol. The molecule has 21 heavy (non-hydrogen) atoms. The predicted octanol–water partition coefficient (Wildman–Crippen LogP) is 2.24. The second-order valence-corrected chi connectivity index (χ2v) is 4.51. The average Bonchev–Trinajstić information content (AvgIpc) is 3.16. The van der Waals surface area contributed by atoms with Gasteiger partial charge < -0.3 is 9.30 Å². The summed E-state index contributed by atoms with van der Waals surface area (Å²) in [5.41, 5.74) is 0. The Bertz CT molecular complexity index is 689. The lowest BCUT2D eigenvalue weighted by atomic mass is 10.3. The first-order valence-electron chi connectivity index (χ1n) is 6.95. The number of hydrogen-bond acceptors (Lipinski definition) is 4. The van der Waals surface area contributed by atoms with E-state index in [1.54, 1.807) is 12.5 Å². The molecule has 0 aliphatic heterocycles. The Morgan fingerprint density at radius 1 is 1.10 bits per heavy atom. The van der Waals surface area contributed by atoms with Gasteiger partial charge in [-0.05, 0) is 19.1 Å². The number of benzene rings is 1. The molecule has 0 N–H and O–H groups in total. The molecule has 0 radical (unpaired) electrons. The molecule has 108 valence electrons. The summed E-state index contributed by atoms with van der Waals surface area (Å²) in [6.07, 6.45) is 5.25. The van der Waals surface area contributed by atoms with Crippen LogP contribution in [0.2, 0.25) is 0 Å². The summed E-state index contributed by atoms with van der Waals surface area (Å²) in [4.78, 5) is 8.66. The number of hydrogen-bond donors (Lipinski definition) is 0. The van der Waals surface area contributed by atoms with Crippen molar-refractivity contribution in [3.05, 3.63) is 49.1 Å². The molecule has 0 bridgehead atoms. The summed E-state index contributed by atoms with van der Waals surface area (Å²) in [6, 6.07) is 9.78. The maximum Gasteiger partial charge on any atom is 0.194 e. The molecule has 0 atom stereocenters. The first kappa shape index (κ1) is 13.4. The third-order valence-electron chi connectivity index (χ3n) is 3.17. The van der Waals surface area contributed by atoms with Crippen molar-refractivity contribution in [3.63, 3.8) is 0 Å². The predicted molar refractivity (Wildman–Crippen MR) is 78.9 cm³/mol. The Balaban J connectivity index is 1.69. The Kier molecular flexibility index (Phi) is 3.95. The van der Waals surface area contributed by atoms with Crippen LogP contribution in [0.15, 0.2) is 49.1 Å². The van der Waals surface area contributed by atoms with E-state index in [1.165, 1.54) is 0 Å². The SMILES string of the molecule is CCn1ncnc1-c1nccn1CCOc1ccccc1. The van der Waals surface area contributed by atoms with Gasteiger partial charge in [0.25, 0.3) is 0 Å². The molecule has 0 unspecified atom stereocenters. The number of aromatic nitrogens is 5. The van der Waals surface area contributed by atoms with Crippen molar-refractivity contribution < 1.29 is 4.74 Å². The molecule has 0 aliphatic rings. The second-order valence-electron chi connectivity index (χ2n) is 4.51. The minimum atomic E-state index is 0.577. The monoisotopic (exact) mass is 283 g/mol. The molecular formula is C15H17N5O. The molecule has 3 aromatic rings. The van der Waals surface area contributed by atoms with Crippen LogP contribution in [-0.4, -0.2) is 30.9 Å². The topological polar surface area (TPSA) is 57.8 Å². The normalized spacial score (nSPS) is 10.7. The van der Waals surface area contributed by atoms with E-state index in [-0.39, 0.29) is 0 Å². The molecule has 0 saturated carbocycles. The summed E-state index contributed by atoms with van der Waals surface area (Å²) in [7, 11) is 0. The van der Waals surface area contributed by atoms with Gasteiger partial charge in [-0.2, -0.15) is 5.10 Å². The molecule has 3 rings (SSSR count). The van der Waals surface area contributed by atoms with Gasteiger partial charge in [-0.15, -0.1) is 0 Å². The lowest BCUT2D eigenvalue weighted by Crippen LogP contribution is -2.11. The molecular weight excluding hydrogens is 266 g/mol. The summed E-state index contributed by atoms with van der Waals surface area (Å²) >= 11 is 0. The van der Waals surface area contributed by atoms with Gasteiger partial charge in [0.15, 0.2) is 11.6 Å². The van der Waals surface area contributed by atoms with Crippen LogP contribution in [0.4, 0.5) is 0 Å². The van der Waals surface area contributed by atoms with Gasteiger partial charge in [-0.25, -0.2) is 14.6 Å². The first-order chi connectivity index (χ1) is 10.4. The van der Waals surface area contributed by atoms with Crippen LogP contribution in [0.1, 0.15) is 6.92 Å². The third kappa shape index (κ3) is 2.94. The van der Waals surface area contributed by atoms with Crippen molar-refractivity contribution in [3.8, 4) is 17.4 Å². The molecule has 2 aromatic heterocycles. The van der Waals surface area contributed by atoms with Gasteiger partial charge in [0, 0.05) is 18.9 Å². The minimum Gasteiger partial charge on any atom is -0.492 e. The number of para-hydroxylation sites is 1. The molecule has 0 amide bonds. The van der Waals surface area contributed by atoms with Crippen LogP contribution in [0.5, 0.6) is 5.75 Å². The lowest BCUT2D eigenvalue weighted by Gasteiger charge is -2.09. The standard InChI is InChI=1S/C15H17N5O/c1-2-20-15(17-12-18-20)14-16-8-9-19(14)10-11-21-13-6-4-3-5-7-13/h3-9,12H,2,10-11H2,1H3. The summed E-state index contributed by atoms with van der Waals surface area (Å²) in [5, 5.41) is 4.18. The van der Waals surface area contributed by atoms with Crippen molar-refractivity contribution >= 4 is 0 Å². The number of ether oxygens (including phenoxy) is 1. The number of aryl methyl sites for hydroxylation is 1. The maximum atomic E-state index is 5.72. The highest BCUT2D eigenvalue weighted by Gasteiger charge is 2.12. The third-order valence-corrected chi connectivity index (χ3v) is 3.17. The van der Waals surface area contributed by atoms with Gasteiger partial charge in [0.2, 0.25) is 0 Å². The van der Waals surface area contributed by atoms with Crippen LogP contribution in [-0.2, 0) is 13.1 Å². The number of rotatable bonds is 6. The fourth-order valence-corrected chi connectivity index (χ4v) is 2.14. The zero-order chi connectivity index (χ0) is 14.5. The highest BCUT2D eigenvalue weighted by Crippen LogP contribution is 2.14. The van der Waals surface area contributed by atoms with Crippen molar-refractivity contribution in [2.24, 2.45) is 0 Å². The molecule has 2 heterocycles. The highest BCUT2D eigenvalue weighted by molar-refractivity contribution is 5.43. The van der Waals surface area contributed by atoms with Gasteiger partial charge in [-0.3, -0.25) is 0 Å². The van der Waals surface area contributed by atoms with E-state index < -0.39 is 0 Å². The van der Waals surface area contributed by atoms with Gasteiger partial charge in [-0.1, -0.05) is 18.2 Å². The van der Waals surface area contributed by atoms with Crippen LogP contribution in [0.3, 0.4) is 0 Å². The molecule has 6 heteroatoms. The van der Waals surface area contributed by atoms with E-state index in [0.29, 0.717) is 13.2 Å². The van der Waals surface area contributed by atoms with Gasteiger partial charge >= 0.3 is 0 Å². The quantitative estimate of drug-likeness (QED) is 0.696. The van der Waals surface area contributed by atoms with Gasteiger partial charge in [0.1, 0.15) is 18.7 Å². The Labute approximate surface area is 123 Å². The highest BCUT2D eigenvalue weighted by atomic mass is 16.5. The van der Waals surface area contributed by atoms with Crippen LogP contribution in [0.25, 0.3) is 11.6 Å². The fraction of sp³-hybridized carbons (Fsp3) is 0.267. The van der Waals surface area contributed by atoms with Crippen molar-refractivity contribution in [2.45, 2.75) is 20.0 Å². The molecule has 1 aromatic carbocycles. The van der Waals surface area contributed by atoms with Crippen LogP contribution < -0.4 is 4.74 Å². The van der Waals surface area contributed by atoms with E-state index in [9.17, 15) is 0 Å². The van der Waals surface area contributed by atoms with Crippen molar-refractivity contribution in [1.29, 1.82) is 0 Å². The van der Waals surface area contributed by atoms with E-state index in [2.05, 4.69) is 15.1 Å². The van der Waals surface area contributed by atoms with Crippen LogP contribution in [0, 0.1) is 0 Å². The lowest BCUT2D eigenvalue weighted by molar-refractivity contribution is 0.299. The zero-order valence-corrected chi connectivity index (χ0v) is 11.9. The molecule has 0 aliphatic carbocycles. The van der Waals surface area contributed by atoms with Crippen molar-refractivity contribution in [1.82, 2.24) is 24.3 Å². The Morgan fingerprint density at radius 2 is 1.95 bits per heavy atom. The molecule has 0 spiro atoms. The summed E-state index contributed by atoms with van der Waals surface area (Å²) in [6.45, 7) is 4.08.